The van der Waals surface area contributed by atoms with Gasteiger partial charge < -0.3 is 19.7 Å². The zero-order chi connectivity index (χ0) is 20.2. The number of methoxy groups -OCH3 is 1. The highest BCUT2D eigenvalue weighted by atomic mass is 16.5. The van der Waals surface area contributed by atoms with Crippen LogP contribution in [0.4, 0.5) is 5.82 Å². The Labute approximate surface area is 169 Å². The van der Waals surface area contributed by atoms with E-state index in [0.29, 0.717) is 24.7 Å². The fourth-order valence-corrected chi connectivity index (χ4v) is 4.10. The Bertz CT molecular complexity index is 862. The molecular weight excluding hydrogens is 372 g/mol. The van der Waals surface area contributed by atoms with Gasteiger partial charge in [-0.05, 0) is 36.0 Å². The summed E-state index contributed by atoms with van der Waals surface area (Å²) in [7, 11) is 1.68. The lowest BCUT2D eigenvalue weighted by Gasteiger charge is -2.18. The molecule has 0 bridgehead atoms. The normalized spacial score (nSPS) is 21.6. The van der Waals surface area contributed by atoms with E-state index in [2.05, 4.69) is 21.6 Å². The maximum Gasteiger partial charge on any atom is 0.245 e. The van der Waals surface area contributed by atoms with Crippen LogP contribution < -0.4 is 10.1 Å². The molecule has 4 rings (SSSR count). The van der Waals surface area contributed by atoms with E-state index < -0.39 is 0 Å². The van der Waals surface area contributed by atoms with E-state index >= 15 is 0 Å². The molecule has 154 valence electrons. The van der Waals surface area contributed by atoms with Gasteiger partial charge in [0.1, 0.15) is 11.6 Å². The maximum atomic E-state index is 12.5. The Hall–Kier alpha value is -2.87. The number of benzene rings is 1. The first-order chi connectivity index (χ1) is 14.1. The minimum Gasteiger partial charge on any atom is -0.496 e. The SMILES string of the molecule is COc1ccc([C@@H]2CC(=O)N(CC(=O)Nc3ccn[nH]3)C2)cc1CC1CCOC1. The molecule has 29 heavy (non-hydrogen) atoms. The Morgan fingerprint density at radius 3 is 3.03 bits per heavy atom. The van der Waals surface area contributed by atoms with Crippen LogP contribution in [0.2, 0.25) is 0 Å². The van der Waals surface area contributed by atoms with Gasteiger partial charge in [-0.15, -0.1) is 0 Å². The van der Waals surface area contributed by atoms with E-state index in [9.17, 15) is 9.59 Å². The van der Waals surface area contributed by atoms with Crippen LogP contribution in [0.3, 0.4) is 0 Å². The summed E-state index contributed by atoms with van der Waals surface area (Å²) in [5.41, 5.74) is 2.27. The van der Waals surface area contributed by atoms with Gasteiger partial charge in [-0.1, -0.05) is 12.1 Å². The first-order valence-electron chi connectivity index (χ1n) is 9.94. The minimum atomic E-state index is -0.236. The summed E-state index contributed by atoms with van der Waals surface area (Å²) < 4.78 is 11.0. The summed E-state index contributed by atoms with van der Waals surface area (Å²) in [6.45, 7) is 2.18. The second-order valence-corrected chi connectivity index (χ2v) is 7.70. The van der Waals surface area contributed by atoms with Crippen LogP contribution in [0.1, 0.15) is 29.9 Å². The molecule has 2 atom stereocenters. The fraction of sp³-hybridized carbons (Fsp3) is 0.476. The van der Waals surface area contributed by atoms with Crippen molar-refractivity contribution in [2.45, 2.75) is 25.2 Å². The number of carbonyl (C=O) groups is 2. The highest BCUT2D eigenvalue weighted by Crippen LogP contribution is 2.33. The first kappa shape index (κ1) is 19.4. The lowest BCUT2D eigenvalue weighted by atomic mass is 9.92. The number of ether oxygens (including phenoxy) is 2. The quantitative estimate of drug-likeness (QED) is 0.743. The smallest absolute Gasteiger partial charge is 0.245 e. The Morgan fingerprint density at radius 2 is 2.31 bits per heavy atom. The Balaban J connectivity index is 1.41. The van der Waals surface area contributed by atoms with Gasteiger partial charge in [-0.25, -0.2) is 0 Å². The summed E-state index contributed by atoms with van der Waals surface area (Å²) >= 11 is 0. The van der Waals surface area contributed by atoms with E-state index in [0.717, 1.165) is 42.9 Å². The molecular formula is C21H26N4O4. The van der Waals surface area contributed by atoms with Crippen LogP contribution in [0, 0.1) is 5.92 Å². The molecule has 2 aromatic rings. The van der Waals surface area contributed by atoms with E-state index in [1.807, 2.05) is 12.1 Å². The molecule has 2 N–H and O–H groups in total. The van der Waals surface area contributed by atoms with Crippen molar-refractivity contribution in [3.05, 3.63) is 41.6 Å². The zero-order valence-corrected chi connectivity index (χ0v) is 16.5. The zero-order valence-electron chi connectivity index (χ0n) is 16.5. The van der Waals surface area contributed by atoms with Crippen molar-refractivity contribution >= 4 is 17.6 Å². The topological polar surface area (TPSA) is 96.5 Å². The number of hydrogen-bond donors (Lipinski definition) is 2. The molecule has 3 heterocycles. The van der Waals surface area contributed by atoms with Gasteiger partial charge in [0.2, 0.25) is 11.8 Å². The number of rotatable bonds is 7. The van der Waals surface area contributed by atoms with Crippen LogP contribution in [0.15, 0.2) is 30.5 Å². The third-order valence-corrected chi connectivity index (χ3v) is 5.63. The molecule has 8 nitrogen and oxygen atoms in total. The molecule has 2 saturated heterocycles. The number of nitrogens with one attached hydrogen (secondary N) is 2. The summed E-state index contributed by atoms with van der Waals surface area (Å²) in [4.78, 5) is 26.3. The average Bonchev–Trinajstić information content (AvgIpc) is 3.46. The van der Waals surface area contributed by atoms with E-state index in [1.165, 1.54) is 0 Å². The molecule has 0 radical (unpaired) electrons. The molecule has 2 aliphatic heterocycles. The molecule has 2 amide bonds. The lowest BCUT2D eigenvalue weighted by molar-refractivity contribution is -0.131. The maximum absolute atomic E-state index is 12.5. The van der Waals surface area contributed by atoms with Gasteiger partial charge in [0, 0.05) is 38.2 Å². The summed E-state index contributed by atoms with van der Waals surface area (Å²) in [5, 5.41) is 9.18. The molecule has 0 saturated carbocycles. The van der Waals surface area contributed by atoms with Crippen LogP contribution in [-0.2, 0) is 20.7 Å². The van der Waals surface area contributed by atoms with Crippen molar-refractivity contribution in [3.63, 3.8) is 0 Å². The molecule has 1 aromatic heterocycles. The molecule has 8 heteroatoms. The number of carbonyl (C=O) groups excluding carboxylic acids is 2. The largest absolute Gasteiger partial charge is 0.496 e. The van der Waals surface area contributed by atoms with Gasteiger partial charge in [0.05, 0.1) is 19.9 Å². The first-order valence-corrected chi connectivity index (χ1v) is 9.94. The monoisotopic (exact) mass is 398 g/mol. The van der Waals surface area contributed by atoms with Crippen molar-refractivity contribution in [2.24, 2.45) is 5.92 Å². The predicted octanol–water partition coefficient (Wildman–Crippen LogP) is 1.95. The summed E-state index contributed by atoms with van der Waals surface area (Å²) in [5.74, 6) is 1.74. The van der Waals surface area contributed by atoms with Crippen LogP contribution in [0.25, 0.3) is 0 Å². The second-order valence-electron chi connectivity index (χ2n) is 7.70. The van der Waals surface area contributed by atoms with E-state index in [4.69, 9.17) is 9.47 Å². The average molecular weight is 398 g/mol. The number of hydrogen-bond acceptors (Lipinski definition) is 5. The summed E-state index contributed by atoms with van der Waals surface area (Å²) in [6, 6.07) is 7.84. The molecule has 1 aromatic carbocycles. The van der Waals surface area contributed by atoms with Crippen molar-refractivity contribution in [3.8, 4) is 5.75 Å². The van der Waals surface area contributed by atoms with Gasteiger partial charge >= 0.3 is 0 Å². The predicted molar refractivity (Wildman–Crippen MR) is 107 cm³/mol. The van der Waals surface area contributed by atoms with Crippen molar-refractivity contribution in [2.75, 3.05) is 38.7 Å². The Kier molecular flexibility index (Phi) is 5.80. The van der Waals surface area contributed by atoms with Gasteiger partial charge in [-0.3, -0.25) is 14.7 Å². The standard InChI is InChI=1S/C21H26N4O4/c1-28-18-3-2-15(9-16(18)8-14-5-7-29-13-14)17-10-21(27)25(11-17)12-20(26)23-19-4-6-22-24-19/h2-4,6,9,14,17H,5,7-8,10-13H2,1H3,(H2,22,23,24,26)/t14?,17-/m1/s1. The molecule has 2 fully saturated rings. The highest BCUT2D eigenvalue weighted by molar-refractivity contribution is 5.94. The van der Waals surface area contributed by atoms with Crippen molar-refractivity contribution in [1.29, 1.82) is 0 Å². The van der Waals surface area contributed by atoms with Crippen LogP contribution in [0.5, 0.6) is 5.75 Å². The minimum absolute atomic E-state index is 0.00341. The van der Waals surface area contributed by atoms with E-state index in [-0.39, 0.29) is 24.3 Å². The lowest BCUT2D eigenvalue weighted by Crippen LogP contribution is -2.34. The van der Waals surface area contributed by atoms with Gasteiger partial charge in [0.15, 0.2) is 0 Å². The number of nitrogens with zero attached hydrogens (tertiary/aromatic N) is 2. The summed E-state index contributed by atoms with van der Waals surface area (Å²) in [6.07, 6.45) is 3.95. The van der Waals surface area contributed by atoms with Gasteiger partial charge in [-0.2, -0.15) is 5.10 Å². The van der Waals surface area contributed by atoms with Crippen molar-refractivity contribution < 1.29 is 19.1 Å². The van der Waals surface area contributed by atoms with Gasteiger partial charge in [0.25, 0.3) is 0 Å². The second kappa shape index (κ2) is 8.65. The third-order valence-electron chi connectivity index (χ3n) is 5.63. The fourth-order valence-electron chi connectivity index (χ4n) is 4.10. The number of likely N-dealkylation sites (tertiary alicyclic amines) is 1. The molecule has 0 spiro atoms. The third kappa shape index (κ3) is 4.59. The van der Waals surface area contributed by atoms with Crippen LogP contribution in [-0.4, -0.2) is 60.3 Å². The number of aromatic nitrogens is 2. The highest BCUT2D eigenvalue weighted by Gasteiger charge is 2.32. The van der Waals surface area contributed by atoms with Crippen LogP contribution >= 0.6 is 0 Å². The molecule has 1 unspecified atom stereocenters. The van der Waals surface area contributed by atoms with Crippen molar-refractivity contribution in [1.82, 2.24) is 15.1 Å². The number of amides is 2. The van der Waals surface area contributed by atoms with E-state index in [1.54, 1.807) is 24.3 Å². The molecule has 2 aliphatic rings. The number of H-pyrrole nitrogens is 1. The Morgan fingerprint density at radius 1 is 1.41 bits per heavy atom. The molecule has 0 aliphatic carbocycles. The number of anilines is 1. The number of aromatic amines is 1.